The van der Waals surface area contributed by atoms with Crippen molar-refractivity contribution in [2.75, 3.05) is 19.6 Å². The standard InChI is InChI=1S/C25H28FNO3/c1-16-4-6-20-18(12-16)14-30-22-13-19(26)5-7-21(22)23(20)17-8-10-27(11-9-17)15-25(2,3)24(28)29/h4-7,12-13H,8-11,14-15H2,1-3H3,(H,28,29). The number of piperidine rings is 1. The van der Waals surface area contributed by atoms with E-state index in [1.54, 1.807) is 13.8 Å². The third-order valence-corrected chi connectivity index (χ3v) is 6.14. The van der Waals surface area contributed by atoms with Gasteiger partial charge in [-0.25, -0.2) is 4.39 Å². The summed E-state index contributed by atoms with van der Waals surface area (Å²) in [5, 5.41) is 9.44. The molecule has 0 spiro atoms. The second-order valence-corrected chi connectivity index (χ2v) is 9.03. The van der Waals surface area contributed by atoms with E-state index in [0.29, 0.717) is 18.9 Å². The highest BCUT2D eigenvalue weighted by Crippen LogP contribution is 2.41. The van der Waals surface area contributed by atoms with Gasteiger partial charge in [0.1, 0.15) is 18.2 Å². The van der Waals surface area contributed by atoms with Gasteiger partial charge in [-0.1, -0.05) is 29.3 Å². The second-order valence-electron chi connectivity index (χ2n) is 9.03. The molecule has 0 radical (unpaired) electrons. The van der Waals surface area contributed by atoms with Crippen LogP contribution in [0, 0.1) is 18.2 Å². The van der Waals surface area contributed by atoms with Crippen molar-refractivity contribution in [1.82, 2.24) is 4.90 Å². The number of halogens is 1. The largest absolute Gasteiger partial charge is 0.488 e. The van der Waals surface area contributed by atoms with Gasteiger partial charge < -0.3 is 14.7 Å². The summed E-state index contributed by atoms with van der Waals surface area (Å²) in [6.07, 6.45) is 1.71. The van der Waals surface area contributed by atoms with Crippen molar-refractivity contribution >= 4 is 11.5 Å². The van der Waals surface area contributed by atoms with Gasteiger partial charge in [-0.3, -0.25) is 4.79 Å². The first kappa shape index (κ1) is 20.6. The maximum absolute atomic E-state index is 13.9. The van der Waals surface area contributed by atoms with Crippen LogP contribution < -0.4 is 4.74 Å². The van der Waals surface area contributed by atoms with E-state index in [-0.39, 0.29) is 5.82 Å². The van der Waals surface area contributed by atoms with E-state index >= 15 is 0 Å². The molecule has 1 saturated heterocycles. The van der Waals surface area contributed by atoms with Gasteiger partial charge in [0.15, 0.2) is 0 Å². The Morgan fingerprint density at radius 1 is 1.13 bits per heavy atom. The topological polar surface area (TPSA) is 49.8 Å². The number of carboxylic acid groups (broad SMARTS) is 1. The number of hydrogen-bond acceptors (Lipinski definition) is 3. The summed E-state index contributed by atoms with van der Waals surface area (Å²) in [5.74, 6) is -0.487. The van der Waals surface area contributed by atoms with Crippen LogP contribution in [-0.2, 0) is 11.4 Å². The van der Waals surface area contributed by atoms with Gasteiger partial charge in [0.05, 0.1) is 5.41 Å². The molecule has 1 N–H and O–H groups in total. The normalized spacial score (nSPS) is 17.1. The summed E-state index contributed by atoms with van der Waals surface area (Å²) in [6.45, 7) is 8.19. The first-order valence-electron chi connectivity index (χ1n) is 10.4. The SMILES string of the molecule is Cc1ccc2c(c1)COc1cc(F)ccc1C2=C1CCN(CC(C)(C)C(=O)O)CC1. The zero-order valence-electron chi connectivity index (χ0n) is 17.8. The number of carboxylic acids is 1. The highest BCUT2D eigenvalue weighted by atomic mass is 19.1. The molecule has 5 heteroatoms. The molecule has 2 aliphatic heterocycles. The Hall–Kier alpha value is -2.66. The van der Waals surface area contributed by atoms with Crippen molar-refractivity contribution in [1.29, 1.82) is 0 Å². The minimum atomic E-state index is -0.771. The number of nitrogens with zero attached hydrogens (tertiary/aromatic N) is 1. The summed E-state index contributed by atoms with van der Waals surface area (Å²) in [6, 6.07) is 11.2. The monoisotopic (exact) mass is 409 g/mol. The molecule has 4 nitrogen and oxygen atoms in total. The number of aliphatic carboxylic acids is 1. The number of carbonyl (C=O) groups is 1. The molecule has 2 heterocycles. The van der Waals surface area contributed by atoms with E-state index < -0.39 is 11.4 Å². The minimum absolute atomic E-state index is 0.300. The van der Waals surface area contributed by atoms with Crippen LogP contribution >= 0.6 is 0 Å². The Morgan fingerprint density at radius 2 is 1.83 bits per heavy atom. The molecular weight excluding hydrogens is 381 g/mol. The molecule has 30 heavy (non-hydrogen) atoms. The maximum atomic E-state index is 13.9. The summed E-state index contributed by atoms with van der Waals surface area (Å²) in [4.78, 5) is 13.7. The average Bonchev–Trinajstić information content (AvgIpc) is 2.84. The van der Waals surface area contributed by atoms with Gasteiger partial charge in [0, 0.05) is 31.3 Å². The van der Waals surface area contributed by atoms with Crippen molar-refractivity contribution in [2.45, 2.75) is 40.2 Å². The van der Waals surface area contributed by atoms with Gasteiger partial charge in [-0.2, -0.15) is 0 Å². The number of fused-ring (bicyclic) bond motifs is 2. The summed E-state index contributed by atoms with van der Waals surface area (Å²) in [7, 11) is 0. The summed E-state index contributed by atoms with van der Waals surface area (Å²) < 4.78 is 19.9. The third kappa shape index (κ3) is 3.99. The number of likely N-dealkylation sites (tertiary alicyclic amines) is 1. The molecule has 0 bridgehead atoms. The molecule has 2 aromatic rings. The van der Waals surface area contributed by atoms with E-state index in [1.165, 1.54) is 23.3 Å². The van der Waals surface area contributed by atoms with Crippen LogP contribution in [0.25, 0.3) is 5.57 Å². The lowest BCUT2D eigenvalue weighted by atomic mass is 9.85. The fraction of sp³-hybridized carbons (Fsp3) is 0.400. The number of hydrogen-bond donors (Lipinski definition) is 1. The molecule has 4 rings (SSSR count). The van der Waals surface area contributed by atoms with E-state index in [1.807, 2.05) is 6.07 Å². The first-order valence-corrected chi connectivity index (χ1v) is 10.4. The van der Waals surface area contributed by atoms with Gasteiger partial charge in [-0.15, -0.1) is 0 Å². The van der Waals surface area contributed by atoms with Gasteiger partial charge in [0.25, 0.3) is 0 Å². The van der Waals surface area contributed by atoms with E-state index in [4.69, 9.17) is 4.74 Å². The molecule has 0 unspecified atom stereocenters. The van der Waals surface area contributed by atoms with Crippen LogP contribution in [0.2, 0.25) is 0 Å². The van der Waals surface area contributed by atoms with Crippen LogP contribution in [0.5, 0.6) is 5.75 Å². The lowest BCUT2D eigenvalue weighted by Crippen LogP contribution is -2.42. The molecule has 0 aliphatic carbocycles. The molecule has 1 fully saturated rings. The number of aryl methyl sites for hydroxylation is 1. The highest BCUT2D eigenvalue weighted by molar-refractivity contribution is 5.87. The van der Waals surface area contributed by atoms with E-state index in [0.717, 1.165) is 48.2 Å². The Labute approximate surface area is 177 Å². The third-order valence-electron chi connectivity index (χ3n) is 6.14. The number of benzene rings is 2. The molecule has 2 aromatic carbocycles. The highest BCUT2D eigenvalue weighted by Gasteiger charge is 2.32. The Morgan fingerprint density at radius 3 is 2.53 bits per heavy atom. The second kappa shape index (κ2) is 7.88. The van der Waals surface area contributed by atoms with Crippen molar-refractivity contribution in [3.63, 3.8) is 0 Å². The lowest BCUT2D eigenvalue weighted by Gasteiger charge is -2.34. The average molecular weight is 410 g/mol. The Kier molecular flexibility index (Phi) is 5.41. The Balaban J connectivity index is 1.71. The van der Waals surface area contributed by atoms with Crippen LogP contribution in [-0.4, -0.2) is 35.6 Å². The summed E-state index contributed by atoms with van der Waals surface area (Å²) >= 11 is 0. The van der Waals surface area contributed by atoms with Crippen molar-refractivity contribution in [2.24, 2.45) is 5.41 Å². The van der Waals surface area contributed by atoms with Crippen molar-refractivity contribution < 1.29 is 19.0 Å². The summed E-state index contributed by atoms with van der Waals surface area (Å²) in [5.41, 5.74) is 6.08. The van der Waals surface area contributed by atoms with Gasteiger partial charge >= 0.3 is 5.97 Å². The van der Waals surface area contributed by atoms with Crippen LogP contribution in [0.4, 0.5) is 4.39 Å². The predicted molar refractivity (Wildman–Crippen MR) is 115 cm³/mol. The number of ether oxygens (including phenoxy) is 1. The zero-order valence-corrected chi connectivity index (χ0v) is 17.8. The molecule has 2 aliphatic rings. The minimum Gasteiger partial charge on any atom is -0.488 e. The van der Waals surface area contributed by atoms with Crippen molar-refractivity contribution in [3.05, 3.63) is 70.0 Å². The maximum Gasteiger partial charge on any atom is 0.310 e. The predicted octanol–water partition coefficient (Wildman–Crippen LogP) is 5.04. The molecular formula is C25H28FNO3. The Bertz CT molecular complexity index is 960. The fourth-order valence-corrected chi connectivity index (χ4v) is 4.45. The molecule has 0 saturated carbocycles. The van der Waals surface area contributed by atoms with E-state index in [9.17, 15) is 14.3 Å². The quantitative estimate of drug-likeness (QED) is 0.772. The van der Waals surface area contributed by atoms with Gasteiger partial charge in [-0.05, 0) is 62.4 Å². The molecule has 0 amide bonds. The molecule has 158 valence electrons. The van der Waals surface area contributed by atoms with Crippen LogP contribution in [0.15, 0.2) is 42.0 Å². The first-order chi connectivity index (χ1) is 14.2. The smallest absolute Gasteiger partial charge is 0.310 e. The number of rotatable bonds is 3. The van der Waals surface area contributed by atoms with E-state index in [2.05, 4.69) is 30.0 Å². The lowest BCUT2D eigenvalue weighted by molar-refractivity contribution is -0.148. The van der Waals surface area contributed by atoms with Crippen LogP contribution in [0.1, 0.15) is 48.9 Å². The zero-order chi connectivity index (χ0) is 21.5. The fourth-order valence-electron chi connectivity index (χ4n) is 4.45. The molecule has 0 aromatic heterocycles. The van der Waals surface area contributed by atoms with Crippen molar-refractivity contribution in [3.8, 4) is 5.75 Å². The molecule has 0 atom stereocenters. The van der Waals surface area contributed by atoms with Gasteiger partial charge in [0.2, 0.25) is 0 Å². The van der Waals surface area contributed by atoms with Crippen LogP contribution in [0.3, 0.4) is 0 Å².